The van der Waals surface area contributed by atoms with E-state index in [2.05, 4.69) is 28.6 Å². The van der Waals surface area contributed by atoms with Gasteiger partial charge in [0, 0.05) is 19.6 Å². The van der Waals surface area contributed by atoms with Gasteiger partial charge in [0.15, 0.2) is 17.5 Å². The number of halogens is 1. The van der Waals surface area contributed by atoms with Gasteiger partial charge in [-0.25, -0.2) is 4.99 Å². The van der Waals surface area contributed by atoms with Crippen molar-refractivity contribution in [1.82, 2.24) is 9.80 Å². The zero-order valence-corrected chi connectivity index (χ0v) is 18.7. The molecular formula is C19H33IN4O2. The topological polar surface area (TPSA) is 63.3 Å². The van der Waals surface area contributed by atoms with Gasteiger partial charge < -0.3 is 25.0 Å². The van der Waals surface area contributed by atoms with E-state index in [-0.39, 0.29) is 24.0 Å². The molecule has 0 aliphatic heterocycles. The van der Waals surface area contributed by atoms with Gasteiger partial charge >= 0.3 is 0 Å². The standard InChI is InChI=1S/C19H32N4O2.HI/c1-5-23(6-2)11-12-25-17-10-7-15(13-18(17)24-4)14-21-19(20)22(3)16-8-9-16;/h7,10,13,16H,5-6,8-9,11-12,14H2,1-4H3,(H2,20,21);1H. The van der Waals surface area contributed by atoms with Crippen LogP contribution in [0.2, 0.25) is 0 Å². The van der Waals surface area contributed by atoms with Crippen LogP contribution in [0.5, 0.6) is 11.5 Å². The van der Waals surface area contributed by atoms with Crippen molar-refractivity contribution in [3.8, 4) is 11.5 Å². The van der Waals surface area contributed by atoms with Gasteiger partial charge in [-0.1, -0.05) is 19.9 Å². The SMILES string of the molecule is CCN(CC)CCOc1ccc(CN=C(N)N(C)C2CC2)cc1OC.I. The van der Waals surface area contributed by atoms with E-state index in [1.807, 2.05) is 25.2 Å². The highest BCUT2D eigenvalue weighted by atomic mass is 127. The van der Waals surface area contributed by atoms with E-state index in [9.17, 15) is 0 Å². The van der Waals surface area contributed by atoms with Crippen LogP contribution in [-0.2, 0) is 6.54 Å². The second-order valence-electron chi connectivity index (χ2n) is 6.38. The van der Waals surface area contributed by atoms with Gasteiger partial charge in [-0.2, -0.15) is 0 Å². The lowest BCUT2D eigenvalue weighted by atomic mass is 10.2. The summed E-state index contributed by atoms with van der Waals surface area (Å²) in [5, 5.41) is 0. The monoisotopic (exact) mass is 476 g/mol. The molecule has 1 aliphatic rings. The van der Waals surface area contributed by atoms with Gasteiger partial charge in [-0.05, 0) is 43.6 Å². The molecule has 0 spiro atoms. The second-order valence-corrected chi connectivity index (χ2v) is 6.38. The van der Waals surface area contributed by atoms with Crippen molar-refractivity contribution in [2.45, 2.75) is 39.3 Å². The third-order valence-corrected chi connectivity index (χ3v) is 4.67. The maximum absolute atomic E-state index is 6.04. The average Bonchev–Trinajstić information content (AvgIpc) is 3.48. The Morgan fingerprint density at radius 3 is 2.50 bits per heavy atom. The highest BCUT2D eigenvalue weighted by molar-refractivity contribution is 14.0. The summed E-state index contributed by atoms with van der Waals surface area (Å²) in [7, 11) is 3.67. The summed E-state index contributed by atoms with van der Waals surface area (Å²) in [6.45, 7) is 8.48. The second kappa shape index (κ2) is 11.5. The Balaban J connectivity index is 0.00000338. The molecule has 0 heterocycles. The van der Waals surface area contributed by atoms with Crippen LogP contribution in [-0.4, -0.2) is 62.2 Å². The number of nitrogens with zero attached hydrogens (tertiary/aromatic N) is 3. The smallest absolute Gasteiger partial charge is 0.191 e. The highest BCUT2D eigenvalue weighted by Gasteiger charge is 2.27. The zero-order valence-electron chi connectivity index (χ0n) is 16.4. The van der Waals surface area contributed by atoms with Gasteiger partial charge in [-0.3, -0.25) is 0 Å². The van der Waals surface area contributed by atoms with Crippen molar-refractivity contribution in [3.05, 3.63) is 23.8 Å². The summed E-state index contributed by atoms with van der Waals surface area (Å²) in [6, 6.07) is 6.51. The number of rotatable bonds is 10. The Morgan fingerprint density at radius 2 is 1.92 bits per heavy atom. The van der Waals surface area contributed by atoms with Crippen LogP contribution in [0.4, 0.5) is 0 Å². The summed E-state index contributed by atoms with van der Waals surface area (Å²) in [4.78, 5) is 8.87. The minimum atomic E-state index is 0. The van der Waals surface area contributed by atoms with Gasteiger partial charge in [0.25, 0.3) is 0 Å². The predicted molar refractivity (Wildman–Crippen MR) is 118 cm³/mol. The summed E-state index contributed by atoms with van der Waals surface area (Å²) in [5.74, 6) is 2.10. The molecule has 1 fully saturated rings. The molecule has 0 unspecified atom stereocenters. The Bertz CT molecular complexity index is 575. The molecule has 0 radical (unpaired) electrons. The number of ether oxygens (including phenoxy) is 2. The zero-order chi connectivity index (χ0) is 18.2. The van der Waals surface area contributed by atoms with Crippen molar-refractivity contribution in [1.29, 1.82) is 0 Å². The van der Waals surface area contributed by atoms with Crippen LogP contribution in [0.15, 0.2) is 23.2 Å². The molecule has 6 nitrogen and oxygen atoms in total. The van der Waals surface area contributed by atoms with Crippen LogP contribution in [0.25, 0.3) is 0 Å². The van der Waals surface area contributed by atoms with E-state index >= 15 is 0 Å². The quantitative estimate of drug-likeness (QED) is 0.320. The van der Waals surface area contributed by atoms with Gasteiger partial charge in [0.05, 0.1) is 13.7 Å². The normalized spacial score (nSPS) is 14.1. The van der Waals surface area contributed by atoms with E-state index in [4.69, 9.17) is 15.2 Å². The molecule has 0 atom stereocenters. The van der Waals surface area contributed by atoms with Crippen molar-refractivity contribution < 1.29 is 9.47 Å². The van der Waals surface area contributed by atoms with Crippen LogP contribution < -0.4 is 15.2 Å². The molecule has 2 rings (SSSR count). The first-order chi connectivity index (χ1) is 12.1. The predicted octanol–water partition coefficient (Wildman–Crippen LogP) is 2.94. The molecule has 0 amide bonds. The Morgan fingerprint density at radius 1 is 1.23 bits per heavy atom. The molecule has 1 aromatic carbocycles. The number of methoxy groups -OCH3 is 1. The fourth-order valence-electron chi connectivity index (χ4n) is 2.69. The third-order valence-electron chi connectivity index (χ3n) is 4.67. The molecule has 0 bridgehead atoms. The van der Waals surface area contributed by atoms with Crippen molar-refractivity contribution in [2.75, 3.05) is 40.4 Å². The van der Waals surface area contributed by atoms with E-state index < -0.39 is 0 Å². The van der Waals surface area contributed by atoms with Crippen molar-refractivity contribution >= 4 is 29.9 Å². The Kier molecular flexibility index (Phi) is 10.1. The number of hydrogen-bond donors (Lipinski definition) is 1. The maximum Gasteiger partial charge on any atom is 0.191 e. The lowest BCUT2D eigenvalue weighted by molar-refractivity contribution is 0.217. The van der Waals surface area contributed by atoms with Gasteiger partial charge in [0.2, 0.25) is 0 Å². The first kappa shape index (κ1) is 22.8. The van der Waals surface area contributed by atoms with E-state index in [0.29, 0.717) is 25.2 Å². The molecule has 2 N–H and O–H groups in total. The van der Waals surface area contributed by atoms with Crippen LogP contribution >= 0.6 is 24.0 Å². The summed E-state index contributed by atoms with van der Waals surface area (Å²) >= 11 is 0. The minimum Gasteiger partial charge on any atom is -0.493 e. The number of nitrogens with two attached hydrogens (primary N) is 1. The lowest BCUT2D eigenvalue weighted by Gasteiger charge is -2.19. The molecule has 1 saturated carbocycles. The molecular weight excluding hydrogens is 443 g/mol. The Hall–Kier alpha value is -1.22. The largest absolute Gasteiger partial charge is 0.493 e. The first-order valence-electron chi connectivity index (χ1n) is 9.13. The molecule has 1 aromatic rings. The first-order valence-corrected chi connectivity index (χ1v) is 9.13. The number of hydrogen-bond acceptors (Lipinski definition) is 4. The van der Waals surface area contributed by atoms with Crippen molar-refractivity contribution in [3.63, 3.8) is 0 Å². The summed E-state index contributed by atoms with van der Waals surface area (Å²) in [6.07, 6.45) is 2.42. The minimum absolute atomic E-state index is 0. The van der Waals surface area contributed by atoms with Crippen molar-refractivity contribution in [2.24, 2.45) is 10.7 Å². The number of aliphatic imine (C=N–C) groups is 1. The third kappa shape index (κ3) is 6.83. The number of guanidine groups is 1. The molecule has 7 heteroatoms. The van der Waals surface area contributed by atoms with E-state index in [0.717, 1.165) is 36.7 Å². The Labute approximate surface area is 174 Å². The number of benzene rings is 1. The van der Waals surface area contributed by atoms with Gasteiger partial charge in [-0.15, -0.1) is 24.0 Å². The van der Waals surface area contributed by atoms with E-state index in [1.165, 1.54) is 12.8 Å². The number of likely N-dealkylation sites (N-methyl/N-ethyl adjacent to an activating group) is 1. The lowest BCUT2D eigenvalue weighted by Crippen LogP contribution is -2.35. The summed E-state index contributed by atoms with van der Waals surface area (Å²) in [5.41, 5.74) is 7.10. The highest BCUT2D eigenvalue weighted by Crippen LogP contribution is 2.28. The van der Waals surface area contributed by atoms with Crippen LogP contribution in [0.1, 0.15) is 32.3 Å². The maximum atomic E-state index is 6.04. The summed E-state index contributed by atoms with van der Waals surface area (Å²) < 4.78 is 11.4. The fourth-order valence-corrected chi connectivity index (χ4v) is 2.69. The van der Waals surface area contributed by atoms with Crippen LogP contribution in [0, 0.1) is 0 Å². The van der Waals surface area contributed by atoms with E-state index in [1.54, 1.807) is 7.11 Å². The average molecular weight is 476 g/mol. The fraction of sp³-hybridized carbons (Fsp3) is 0.632. The molecule has 0 aromatic heterocycles. The molecule has 26 heavy (non-hydrogen) atoms. The molecule has 148 valence electrons. The van der Waals surface area contributed by atoms with Crippen LogP contribution in [0.3, 0.4) is 0 Å². The molecule has 0 saturated heterocycles. The van der Waals surface area contributed by atoms with Gasteiger partial charge in [0.1, 0.15) is 6.61 Å². The molecule has 1 aliphatic carbocycles.